The monoisotopic (exact) mass is 311 g/mol. The first-order valence-electron chi connectivity index (χ1n) is 7.60. The third kappa shape index (κ3) is 4.85. The van der Waals surface area contributed by atoms with Crippen LogP contribution in [-0.4, -0.2) is 63.2 Å². The molecule has 1 aliphatic rings. The van der Waals surface area contributed by atoms with E-state index >= 15 is 0 Å². The molecule has 1 fully saturated rings. The number of likely N-dealkylation sites (N-methyl/N-ethyl adjacent to an activating group) is 1. The second kappa shape index (κ2) is 7.99. The number of piperazine rings is 1. The topological polar surface area (TPSA) is 27.7 Å². The van der Waals surface area contributed by atoms with Gasteiger partial charge >= 0.3 is 0 Å². The Morgan fingerprint density at radius 3 is 2.67 bits per heavy atom. The molecule has 0 aliphatic carbocycles. The highest BCUT2D eigenvalue weighted by molar-refractivity contribution is 6.30. The molecule has 1 N–H and O–H groups in total. The largest absolute Gasteiger partial charge is 0.492 e. The van der Waals surface area contributed by atoms with E-state index < -0.39 is 0 Å². The van der Waals surface area contributed by atoms with E-state index in [4.69, 9.17) is 16.3 Å². The molecule has 0 saturated carbocycles. The Bertz CT molecular complexity index is 447. The number of nitrogens with zero attached hydrogens (tertiary/aromatic N) is 2. The molecule has 1 heterocycles. The highest BCUT2D eigenvalue weighted by Crippen LogP contribution is 2.28. The molecule has 1 aromatic rings. The van der Waals surface area contributed by atoms with Crippen molar-refractivity contribution in [3.63, 3.8) is 0 Å². The summed E-state index contributed by atoms with van der Waals surface area (Å²) in [6, 6.07) is 6.06. The molecule has 1 atom stereocenters. The second-order valence-electron chi connectivity index (χ2n) is 5.69. The van der Waals surface area contributed by atoms with Gasteiger partial charge in [-0.15, -0.1) is 0 Å². The van der Waals surface area contributed by atoms with E-state index in [-0.39, 0.29) is 6.04 Å². The SMILES string of the molecule is CNC(C)c1cc(Cl)ccc1OCCN1CCN(C)CC1. The summed E-state index contributed by atoms with van der Waals surface area (Å²) in [5.74, 6) is 0.926. The summed E-state index contributed by atoms with van der Waals surface area (Å²) in [5, 5.41) is 3.99. The molecular formula is C16H26ClN3O. The first kappa shape index (κ1) is 16.6. The zero-order chi connectivity index (χ0) is 15.2. The van der Waals surface area contributed by atoms with Crippen molar-refractivity contribution in [2.45, 2.75) is 13.0 Å². The lowest BCUT2D eigenvalue weighted by Gasteiger charge is -2.32. The minimum atomic E-state index is 0.224. The Labute approximate surface area is 133 Å². The van der Waals surface area contributed by atoms with Crippen molar-refractivity contribution in [2.24, 2.45) is 0 Å². The fourth-order valence-electron chi connectivity index (χ4n) is 2.50. The van der Waals surface area contributed by atoms with Crippen molar-refractivity contribution in [3.8, 4) is 5.75 Å². The number of nitrogens with one attached hydrogen (secondary N) is 1. The molecule has 1 saturated heterocycles. The zero-order valence-electron chi connectivity index (χ0n) is 13.2. The molecule has 1 aromatic carbocycles. The molecule has 118 valence electrons. The Morgan fingerprint density at radius 2 is 2.00 bits per heavy atom. The average molecular weight is 312 g/mol. The van der Waals surface area contributed by atoms with Crippen LogP contribution in [0.5, 0.6) is 5.75 Å². The highest BCUT2D eigenvalue weighted by atomic mass is 35.5. The van der Waals surface area contributed by atoms with Gasteiger partial charge in [-0.25, -0.2) is 0 Å². The Kier molecular flexibility index (Phi) is 6.30. The lowest BCUT2D eigenvalue weighted by molar-refractivity contribution is 0.133. The molecule has 0 bridgehead atoms. The standard InChI is InChI=1S/C16H26ClN3O/c1-13(18-2)15-12-14(17)4-5-16(15)21-11-10-20-8-6-19(3)7-9-20/h4-5,12-13,18H,6-11H2,1-3H3. The summed E-state index contributed by atoms with van der Waals surface area (Å²) in [7, 11) is 4.12. The molecule has 0 aromatic heterocycles. The van der Waals surface area contributed by atoms with Crippen molar-refractivity contribution >= 4 is 11.6 Å². The maximum absolute atomic E-state index is 6.09. The van der Waals surface area contributed by atoms with Crippen LogP contribution in [0.4, 0.5) is 0 Å². The maximum Gasteiger partial charge on any atom is 0.124 e. The van der Waals surface area contributed by atoms with Crippen LogP contribution in [0.1, 0.15) is 18.5 Å². The van der Waals surface area contributed by atoms with E-state index in [2.05, 4.69) is 29.1 Å². The maximum atomic E-state index is 6.09. The van der Waals surface area contributed by atoms with Gasteiger partial charge in [0.25, 0.3) is 0 Å². The van der Waals surface area contributed by atoms with Crippen molar-refractivity contribution in [3.05, 3.63) is 28.8 Å². The van der Waals surface area contributed by atoms with Gasteiger partial charge in [-0.3, -0.25) is 4.90 Å². The van der Waals surface area contributed by atoms with Crippen molar-refractivity contribution in [1.29, 1.82) is 0 Å². The van der Waals surface area contributed by atoms with E-state index in [0.717, 1.165) is 55.7 Å². The number of hydrogen-bond donors (Lipinski definition) is 1. The molecule has 0 amide bonds. The fourth-order valence-corrected chi connectivity index (χ4v) is 2.68. The average Bonchev–Trinajstić information content (AvgIpc) is 2.50. The zero-order valence-corrected chi connectivity index (χ0v) is 14.0. The van der Waals surface area contributed by atoms with Crippen molar-refractivity contribution in [1.82, 2.24) is 15.1 Å². The minimum Gasteiger partial charge on any atom is -0.492 e. The van der Waals surface area contributed by atoms with Crippen LogP contribution in [0.15, 0.2) is 18.2 Å². The summed E-state index contributed by atoms with van der Waals surface area (Å²) in [4.78, 5) is 4.82. The van der Waals surface area contributed by atoms with Gasteiger partial charge in [-0.05, 0) is 39.2 Å². The van der Waals surface area contributed by atoms with Crippen LogP contribution in [0.25, 0.3) is 0 Å². The molecule has 4 nitrogen and oxygen atoms in total. The summed E-state index contributed by atoms with van der Waals surface area (Å²) in [6.07, 6.45) is 0. The fraction of sp³-hybridized carbons (Fsp3) is 0.625. The smallest absolute Gasteiger partial charge is 0.124 e. The van der Waals surface area contributed by atoms with Crippen LogP contribution in [0.3, 0.4) is 0 Å². The molecule has 5 heteroatoms. The van der Waals surface area contributed by atoms with E-state index in [0.29, 0.717) is 0 Å². The number of halogens is 1. The summed E-state index contributed by atoms with van der Waals surface area (Å²) < 4.78 is 5.99. The molecule has 2 rings (SSSR count). The van der Waals surface area contributed by atoms with Gasteiger partial charge < -0.3 is 15.0 Å². The number of ether oxygens (including phenoxy) is 1. The molecule has 21 heavy (non-hydrogen) atoms. The first-order valence-corrected chi connectivity index (χ1v) is 7.98. The van der Waals surface area contributed by atoms with Crippen LogP contribution in [0.2, 0.25) is 5.02 Å². The molecule has 0 spiro atoms. The number of hydrogen-bond acceptors (Lipinski definition) is 4. The van der Waals surface area contributed by atoms with Gasteiger partial charge in [0.15, 0.2) is 0 Å². The van der Waals surface area contributed by atoms with Gasteiger partial charge in [0.05, 0.1) is 0 Å². The van der Waals surface area contributed by atoms with Crippen molar-refractivity contribution < 1.29 is 4.74 Å². The van der Waals surface area contributed by atoms with Crippen LogP contribution < -0.4 is 10.1 Å². The quantitative estimate of drug-likeness (QED) is 0.872. The number of benzene rings is 1. The van der Waals surface area contributed by atoms with E-state index in [1.54, 1.807) is 0 Å². The minimum absolute atomic E-state index is 0.224. The van der Waals surface area contributed by atoms with Gasteiger partial charge in [0, 0.05) is 49.4 Å². The predicted octanol–water partition coefficient (Wildman–Crippen LogP) is 2.25. The van der Waals surface area contributed by atoms with Crippen LogP contribution in [-0.2, 0) is 0 Å². The van der Waals surface area contributed by atoms with Crippen LogP contribution >= 0.6 is 11.6 Å². The normalized spacial score (nSPS) is 18.7. The lowest BCUT2D eigenvalue weighted by Crippen LogP contribution is -2.45. The summed E-state index contributed by atoms with van der Waals surface area (Å²) >= 11 is 6.09. The lowest BCUT2D eigenvalue weighted by atomic mass is 10.1. The third-order valence-electron chi connectivity index (χ3n) is 4.13. The van der Waals surface area contributed by atoms with Gasteiger partial charge in [0.1, 0.15) is 12.4 Å². The Morgan fingerprint density at radius 1 is 1.29 bits per heavy atom. The second-order valence-corrected chi connectivity index (χ2v) is 6.12. The summed E-state index contributed by atoms with van der Waals surface area (Å²) in [6.45, 7) is 8.34. The van der Waals surface area contributed by atoms with E-state index in [9.17, 15) is 0 Å². The van der Waals surface area contributed by atoms with Gasteiger partial charge in [-0.1, -0.05) is 11.6 Å². The third-order valence-corrected chi connectivity index (χ3v) is 4.37. The first-order chi connectivity index (χ1) is 10.1. The highest BCUT2D eigenvalue weighted by Gasteiger charge is 2.14. The molecular weight excluding hydrogens is 286 g/mol. The van der Waals surface area contributed by atoms with E-state index in [1.165, 1.54) is 0 Å². The Balaban J connectivity index is 1.88. The van der Waals surface area contributed by atoms with Crippen LogP contribution in [0, 0.1) is 0 Å². The predicted molar refractivity (Wildman–Crippen MR) is 88.4 cm³/mol. The number of rotatable bonds is 6. The molecule has 0 radical (unpaired) electrons. The summed E-state index contributed by atoms with van der Waals surface area (Å²) in [5.41, 5.74) is 1.11. The van der Waals surface area contributed by atoms with Gasteiger partial charge in [-0.2, -0.15) is 0 Å². The Hall–Kier alpha value is -0.810. The molecule has 1 aliphatic heterocycles. The molecule has 1 unspecified atom stereocenters. The van der Waals surface area contributed by atoms with E-state index in [1.807, 2.05) is 25.2 Å². The van der Waals surface area contributed by atoms with Crippen molar-refractivity contribution in [2.75, 3.05) is 53.4 Å². The van der Waals surface area contributed by atoms with Gasteiger partial charge in [0.2, 0.25) is 0 Å².